The lowest BCUT2D eigenvalue weighted by atomic mass is 10.1. The maximum Gasteiger partial charge on any atom is 0.306 e. The molecule has 0 unspecified atom stereocenters. The Morgan fingerprint density at radius 1 is 1.12 bits per heavy atom. The number of hydrogen-bond acceptors (Lipinski definition) is 4. The molecule has 1 aliphatic heterocycles. The molecule has 26 heavy (non-hydrogen) atoms. The van der Waals surface area contributed by atoms with Gasteiger partial charge in [-0.05, 0) is 40.0 Å². The third-order valence-corrected chi connectivity index (χ3v) is 4.54. The zero-order chi connectivity index (χ0) is 19.4. The van der Waals surface area contributed by atoms with Gasteiger partial charge in [0.1, 0.15) is 11.7 Å². The monoisotopic (exact) mass is 368 g/mol. The highest BCUT2D eigenvalue weighted by molar-refractivity contribution is 5.69. The molecular weight excluding hydrogens is 328 g/mol. The van der Waals surface area contributed by atoms with Crippen LogP contribution in [0.2, 0.25) is 0 Å². The van der Waals surface area contributed by atoms with E-state index in [1.54, 1.807) is 0 Å². The zero-order valence-electron chi connectivity index (χ0n) is 17.3. The van der Waals surface area contributed by atoms with Crippen LogP contribution in [0.15, 0.2) is 12.2 Å². The van der Waals surface area contributed by atoms with Crippen molar-refractivity contribution in [2.45, 2.75) is 122 Å². The van der Waals surface area contributed by atoms with E-state index in [0.717, 1.165) is 38.5 Å². The predicted octanol–water partition coefficient (Wildman–Crippen LogP) is 5.32. The summed E-state index contributed by atoms with van der Waals surface area (Å²) in [7, 11) is 0. The van der Waals surface area contributed by atoms with E-state index in [1.165, 1.54) is 25.7 Å². The van der Waals surface area contributed by atoms with E-state index in [2.05, 4.69) is 6.92 Å². The molecule has 0 spiro atoms. The van der Waals surface area contributed by atoms with E-state index < -0.39 is 0 Å². The summed E-state index contributed by atoms with van der Waals surface area (Å²) in [6, 6.07) is 0. The lowest BCUT2D eigenvalue weighted by molar-refractivity contribution is -0.154. The lowest BCUT2D eigenvalue weighted by Crippen LogP contribution is -2.23. The highest BCUT2D eigenvalue weighted by Crippen LogP contribution is 2.29. The van der Waals surface area contributed by atoms with Gasteiger partial charge in [-0.15, -0.1) is 0 Å². The second-order valence-electron chi connectivity index (χ2n) is 8.48. The van der Waals surface area contributed by atoms with Crippen molar-refractivity contribution in [3.8, 4) is 0 Å². The Labute approximate surface area is 160 Å². The average Bonchev–Trinajstić information content (AvgIpc) is 3.29. The number of ether oxygens (including phenoxy) is 2. The van der Waals surface area contributed by atoms with Crippen LogP contribution in [0.4, 0.5) is 0 Å². The van der Waals surface area contributed by atoms with Gasteiger partial charge < -0.3 is 14.6 Å². The molecule has 1 N–H and O–H groups in total. The number of unbranched alkanes of at least 4 members (excludes halogenated alkanes) is 6. The third kappa shape index (κ3) is 12.5. The molecule has 1 rings (SSSR count). The molecule has 4 heteroatoms. The smallest absolute Gasteiger partial charge is 0.306 e. The Bertz CT molecular complexity index is 411. The summed E-state index contributed by atoms with van der Waals surface area (Å²) in [5.41, 5.74) is -0.377. The molecule has 0 aromatic carbocycles. The van der Waals surface area contributed by atoms with Gasteiger partial charge in [0.2, 0.25) is 0 Å². The standard InChI is InChI=1S/C22H40O4/c1-5-6-10-13-18(23)16-17-20-19(25-20)14-11-8-7-9-12-15-21(24)26-22(2,3)4/h16-20,23H,5-15H2,1-4H3/b17-16+/t18-,19-,20+/m0/s1. The molecule has 1 aliphatic rings. The number of aliphatic hydroxyl groups is 1. The quantitative estimate of drug-likeness (QED) is 0.195. The first-order valence-electron chi connectivity index (χ1n) is 10.6. The van der Waals surface area contributed by atoms with Crippen molar-refractivity contribution in [3.63, 3.8) is 0 Å². The summed E-state index contributed by atoms with van der Waals surface area (Å²) in [4.78, 5) is 11.6. The van der Waals surface area contributed by atoms with Gasteiger partial charge in [0, 0.05) is 6.42 Å². The minimum absolute atomic E-state index is 0.0876. The first kappa shape index (κ1) is 23.2. The average molecular weight is 369 g/mol. The fourth-order valence-electron chi connectivity index (χ4n) is 3.03. The van der Waals surface area contributed by atoms with Crippen LogP contribution in [0.5, 0.6) is 0 Å². The van der Waals surface area contributed by atoms with Crippen molar-refractivity contribution < 1.29 is 19.4 Å². The summed E-state index contributed by atoms with van der Waals surface area (Å²) >= 11 is 0. The van der Waals surface area contributed by atoms with Crippen molar-refractivity contribution in [2.24, 2.45) is 0 Å². The van der Waals surface area contributed by atoms with Crippen molar-refractivity contribution in [1.82, 2.24) is 0 Å². The number of hydrogen-bond donors (Lipinski definition) is 1. The molecule has 152 valence electrons. The van der Waals surface area contributed by atoms with Gasteiger partial charge in [-0.25, -0.2) is 0 Å². The fraction of sp³-hybridized carbons (Fsp3) is 0.864. The van der Waals surface area contributed by atoms with Gasteiger partial charge in [-0.2, -0.15) is 0 Å². The number of epoxide rings is 1. The first-order valence-corrected chi connectivity index (χ1v) is 10.6. The molecule has 1 fully saturated rings. The maximum absolute atomic E-state index is 11.6. The number of aliphatic hydroxyl groups excluding tert-OH is 1. The Morgan fingerprint density at radius 2 is 1.81 bits per heavy atom. The summed E-state index contributed by atoms with van der Waals surface area (Å²) < 4.78 is 10.9. The van der Waals surface area contributed by atoms with Crippen LogP contribution in [0, 0.1) is 0 Å². The van der Waals surface area contributed by atoms with E-state index in [0.29, 0.717) is 12.5 Å². The molecular formula is C22H40O4. The summed E-state index contributed by atoms with van der Waals surface area (Å²) in [6.45, 7) is 7.88. The predicted molar refractivity (Wildman–Crippen MR) is 106 cm³/mol. The Kier molecular flexibility index (Phi) is 11.1. The van der Waals surface area contributed by atoms with Crippen LogP contribution in [-0.2, 0) is 14.3 Å². The van der Waals surface area contributed by atoms with Crippen LogP contribution in [0.25, 0.3) is 0 Å². The van der Waals surface area contributed by atoms with Gasteiger partial charge in [0.25, 0.3) is 0 Å². The molecule has 0 amide bonds. The van der Waals surface area contributed by atoms with Gasteiger partial charge in [-0.1, -0.05) is 64.0 Å². The Hall–Kier alpha value is -0.870. The molecule has 0 aliphatic carbocycles. The van der Waals surface area contributed by atoms with Gasteiger partial charge >= 0.3 is 5.97 Å². The minimum atomic E-state index is -0.377. The largest absolute Gasteiger partial charge is 0.460 e. The fourth-order valence-corrected chi connectivity index (χ4v) is 3.03. The number of carbonyl (C=O) groups is 1. The van der Waals surface area contributed by atoms with Gasteiger partial charge in [0.05, 0.1) is 12.2 Å². The van der Waals surface area contributed by atoms with E-state index in [4.69, 9.17) is 9.47 Å². The SMILES string of the molecule is CCCCC[C@H](O)/C=C/[C@H]1O[C@H]1CCCCCCCC(=O)OC(C)(C)C. The summed E-state index contributed by atoms with van der Waals surface area (Å²) in [6.07, 6.45) is 15.6. The molecule has 0 radical (unpaired) electrons. The molecule has 3 atom stereocenters. The molecule has 0 aromatic rings. The van der Waals surface area contributed by atoms with Gasteiger partial charge in [-0.3, -0.25) is 4.79 Å². The summed E-state index contributed by atoms with van der Waals surface area (Å²) in [5, 5.41) is 9.86. The minimum Gasteiger partial charge on any atom is -0.460 e. The Balaban J connectivity index is 1.93. The Morgan fingerprint density at radius 3 is 2.50 bits per heavy atom. The van der Waals surface area contributed by atoms with Crippen molar-refractivity contribution in [1.29, 1.82) is 0 Å². The number of rotatable bonds is 14. The second-order valence-corrected chi connectivity index (χ2v) is 8.48. The molecule has 1 saturated heterocycles. The number of esters is 1. The first-order chi connectivity index (χ1) is 12.3. The second kappa shape index (κ2) is 12.5. The normalized spacial score (nSPS) is 21.1. The molecule has 0 saturated carbocycles. The molecule has 0 aromatic heterocycles. The van der Waals surface area contributed by atoms with Crippen LogP contribution in [0.1, 0.15) is 98.3 Å². The van der Waals surface area contributed by atoms with Crippen molar-refractivity contribution in [3.05, 3.63) is 12.2 Å². The van der Waals surface area contributed by atoms with Crippen molar-refractivity contribution in [2.75, 3.05) is 0 Å². The summed E-state index contributed by atoms with van der Waals surface area (Å²) in [5.74, 6) is -0.0876. The van der Waals surface area contributed by atoms with Crippen LogP contribution >= 0.6 is 0 Å². The molecule has 0 bridgehead atoms. The van der Waals surface area contributed by atoms with Crippen molar-refractivity contribution >= 4 is 5.97 Å². The van der Waals surface area contributed by atoms with E-state index in [1.807, 2.05) is 32.9 Å². The maximum atomic E-state index is 11.6. The highest BCUT2D eigenvalue weighted by Gasteiger charge is 2.35. The molecule has 1 heterocycles. The third-order valence-electron chi connectivity index (χ3n) is 4.54. The zero-order valence-corrected chi connectivity index (χ0v) is 17.3. The number of carbonyl (C=O) groups excluding carboxylic acids is 1. The lowest BCUT2D eigenvalue weighted by Gasteiger charge is -2.19. The van der Waals surface area contributed by atoms with Crippen LogP contribution in [-0.4, -0.2) is 35.0 Å². The molecule has 4 nitrogen and oxygen atoms in total. The van der Waals surface area contributed by atoms with Gasteiger partial charge in [0.15, 0.2) is 0 Å². The van der Waals surface area contributed by atoms with E-state index in [9.17, 15) is 9.90 Å². The van der Waals surface area contributed by atoms with Crippen LogP contribution < -0.4 is 0 Å². The highest BCUT2D eigenvalue weighted by atomic mass is 16.6. The van der Waals surface area contributed by atoms with E-state index in [-0.39, 0.29) is 23.8 Å². The topological polar surface area (TPSA) is 59.1 Å². The van der Waals surface area contributed by atoms with Crippen LogP contribution in [0.3, 0.4) is 0 Å². The van der Waals surface area contributed by atoms with E-state index >= 15 is 0 Å².